The Bertz CT molecular complexity index is 992. The molecule has 2 aromatic carbocycles. The maximum atomic E-state index is 13.0. The number of nitrogens with zero attached hydrogens (tertiary/aromatic N) is 1. The molecule has 0 spiro atoms. The average Bonchev–Trinajstić information content (AvgIpc) is 2.60. The summed E-state index contributed by atoms with van der Waals surface area (Å²) < 4.78 is 6.35. The number of rotatable bonds is 3. The number of carbonyl (C=O) groups excluding carboxylic acids is 1. The van der Waals surface area contributed by atoms with E-state index >= 15 is 0 Å². The Balaban J connectivity index is 2.34. The van der Waals surface area contributed by atoms with Gasteiger partial charge in [0.25, 0.3) is 5.56 Å². The van der Waals surface area contributed by atoms with Crippen molar-refractivity contribution in [2.75, 3.05) is 7.11 Å². The number of fused-ring (bicyclic) bond motifs is 1. The lowest BCUT2D eigenvalue weighted by molar-refractivity contribution is 0.0600. The fraction of sp³-hybridized carbons (Fsp3) is 0.158. The van der Waals surface area contributed by atoms with Gasteiger partial charge in [0.15, 0.2) is 0 Å². The van der Waals surface area contributed by atoms with Crippen LogP contribution in [-0.2, 0) is 11.2 Å². The van der Waals surface area contributed by atoms with E-state index in [9.17, 15) is 9.59 Å². The van der Waals surface area contributed by atoms with Crippen LogP contribution in [-0.4, -0.2) is 17.6 Å². The molecule has 122 valence electrons. The standard InChI is InChI=1S/C19H16ClNO3/c1-3-14-10-12-6-5-9-16(20)17(12)18(22)21(14)15-8-4-7-13(11-15)19(23)24-2/h4-11H,3H2,1-2H3. The Labute approximate surface area is 144 Å². The highest BCUT2D eigenvalue weighted by Crippen LogP contribution is 2.23. The fourth-order valence-corrected chi connectivity index (χ4v) is 3.07. The first-order valence-corrected chi connectivity index (χ1v) is 7.96. The van der Waals surface area contributed by atoms with Gasteiger partial charge in [0, 0.05) is 11.4 Å². The van der Waals surface area contributed by atoms with Crippen molar-refractivity contribution in [1.29, 1.82) is 0 Å². The second kappa shape index (κ2) is 6.49. The Hall–Kier alpha value is -2.59. The average molecular weight is 342 g/mol. The van der Waals surface area contributed by atoms with Gasteiger partial charge in [-0.2, -0.15) is 0 Å². The molecule has 0 aliphatic heterocycles. The monoisotopic (exact) mass is 341 g/mol. The highest BCUT2D eigenvalue weighted by molar-refractivity contribution is 6.35. The minimum Gasteiger partial charge on any atom is -0.465 e. The molecule has 1 heterocycles. The third-order valence-corrected chi connectivity index (χ3v) is 4.27. The lowest BCUT2D eigenvalue weighted by Gasteiger charge is -2.14. The minimum absolute atomic E-state index is 0.197. The van der Waals surface area contributed by atoms with Crippen LogP contribution in [0.1, 0.15) is 23.0 Å². The molecular formula is C19H16ClNO3. The number of methoxy groups -OCH3 is 1. The molecule has 0 saturated carbocycles. The first-order valence-electron chi connectivity index (χ1n) is 7.58. The maximum absolute atomic E-state index is 13.0. The molecule has 0 amide bonds. The van der Waals surface area contributed by atoms with E-state index in [1.807, 2.05) is 25.1 Å². The summed E-state index contributed by atoms with van der Waals surface area (Å²) in [7, 11) is 1.33. The second-order valence-corrected chi connectivity index (χ2v) is 5.78. The van der Waals surface area contributed by atoms with Gasteiger partial charge in [-0.15, -0.1) is 0 Å². The van der Waals surface area contributed by atoms with E-state index in [1.54, 1.807) is 34.9 Å². The van der Waals surface area contributed by atoms with Gasteiger partial charge in [-0.3, -0.25) is 9.36 Å². The third-order valence-electron chi connectivity index (χ3n) is 3.96. The second-order valence-electron chi connectivity index (χ2n) is 5.38. The Morgan fingerprint density at radius 3 is 2.62 bits per heavy atom. The molecule has 0 aliphatic rings. The molecule has 0 radical (unpaired) electrons. The van der Waals surface area contributed by atoms with Crippen LogP contribution in [0, 0.1) is 0 Å². The summed E-state index contributed by atoms with van der Waals surface area (Å²) in [6.07, 6.45) is 0.667. The number of hydrogen-bond donors (Lipinski definition) is 0. The van der Waals surface area contributed by atoms with Gasteiger partial charge in [-0.25, -0.2) is 4.79 Å². The van der Waals surface area contributed by atoms with E-state index in [0.717, 1.165) is 11.1 Å². The highest BCUT2D eigenvalue weighted by Gasteiger charge is 2.14. The van der Waals surface area contributed by atoms with Crippen molar-refractivity contribution in [3.8, 4) is 5.69 Å². The Kier molecular flexibility index (Phi) is 4.40. The molecule has 4 nitrogen and oxygen atoms in total. The van der Waals surface area contributed by atoms with Crippen molar-refractivity contribution < 1.29 is 9.53 Å². The Morgan fingerprint density at radius 2 is 1.92 bits per heavy atom. The molecule has 24 heavy (non-hydrogen) atoms. The van der Waals surface area contributed by atoms with Gasteiger partial charge in [-0.1, -0.05) is 36.7 Å². The van der Waals surface area contributed by atoms with E-state index < -0.39 is 5.97 Å². The van der Waals surface area contributed by atoms with Crippen LogP contribution in [0.5, 0.6) is 0 Å². The molecule has 1 aromatic heterocycles. The predicted molar refractivity (Wildman–Crippen MR) is 95.3 cm³/mol. The van der Waals surface area contributed by atoms with Crippen LogP contribution in [0.2, 0.25) is 5.02 Å². The maximum Gasteiger partial charge on any atom is 0.337 e. The minimum atomic E-state index is -0.443. The normalized spacial score (nSPS) is 10.8. The molecule has 0 bridgehead atoms. The summed E-state index contributed by atoms with van der Waals surface area (Å²) in [5.74, 6) is -0.443. The predicted octanol–water partition coefficient (Wildman–Crippen LogP) is 3.99. The number of esters is 1. The van der Waals surface area contributed by atoms with Crippen molar-refractivity contribution in [3.05, 3.63) is 75.2 Å². The van der Waals surface area contributed by atoms with Gasteiger partial charge in [-0.05, 0) is 42.1 Å². The summed E-state index contributed by atoms with van der Waals surface area (Å²) in [5.41, 5.74) is 1.65. The highest BCUT2D eigenvalue weighted by atomic mass is 35.5. The number of carbonyl (C=O) groups is 1. The summed E-state index contributed by atoms with van der Waals surface area (Å²) >= 11 is 6.23. The summed E-state index contributed by atoms with van der Waals surface area (Å²) in [6.45, 7) is 1.98. The smallest absolute Gasteiger partial charge is 0.337 e. The molecule has 0 unspecified atom stereocenters. The van der Waals surface area contributed by atoms with E-state index in [0.29, 0.717) is 28.1 Å². The number of halogens is 1. The first-order chi connectivity index (χ1) is 11.6. The van der Waals surface area contributed by atoms with Gasteiger partial charge >= 0.3 is 5.97 Å². The fourth-order valence-electron chi connectivity index (χ4n) is 2.81. The molecule has 5 heteroatoms. The first kappa shape index (κ1) is 16.3. The molecule has 3 aromatic rings. The molecule has 3 rings (SSSR count). The molecule has 0 N–H and O–H groups in total. The Morgan fingerprint density at radius 1 is 1.17 bits per heavy atom. The quantitative estimate of drug-likeness (QED) is 0.677. The van der Waals surface area contributed by atoms with Crippen LogP contribution in [0.4, 0.5) is 0 Å². The van der Waals surface area contributed by atoms with Crippen LogP contribution < -0.4 is 5.56 Å². The van der Waals surface area contributed by atoms with E-state index in [1.165, 1.54) is 7.11 Å². The zero-order valence-electron chi connectivity index (χ0n) is 13.4. The van der Waals surface area contributed by atoms with Crippen LogP contribution >= 0.6 is 11.6 Å². The van der Waals surface area contributed by atoms with Crippen molar-refractivity contribution in [2.24, 2.45) is 0 Å². The van der Waals surface area contributed by atoms with Crippen molar-refractivity contribution >= 4 is 28.3 Å². The molecule has 0 atom stereocenters. The molecule has 0 saturated heterocycles. The lowest BCUT2D eigenvalue weighted by Crippen LogP contribution is -2.22. The number of benzene rings is 2. The van der Waals surface area contributed by atoms with Gasteiger partial charge < -0.3 is 4.74 Å². The van der Waals surface area contributed by atoms with Crippen molar-refractivity contribution in [2.45, 2.75) is 13.3 Å². The molecule has 0 aliphatic carbocycles. The SMILES string of the molecule is CCc1cc2cccc(Cl)c2c(=O)n1-c1cccc(C(=O)OC)c1. The van der Waals surface area contributed by atoms with Crippen LogP contribution in [0.3, 0.4) is 0 Å². The third kappa shape index (κ3) is 2.69. The summed E-state index contributed by atoms with van der Waals surface area (Å²) in [4.78, 5) is 24.8. The summed E-state index contributed by atoms with van der Waals surface area (Å²) in [5, 5.41) is 1.70. The number of ether oxygens (including phenoxy) is 1. The molecular weight excluding hydrogens is 326 g/mol. The van der Waals surface area contributed by atoms with Gasteiger partial charge in [0.2, 0.25) is 0 Å². The van der Waals surface area contributed by atoms with E-state index in [-0.39, 0.29) is 5.56 Å². The zero-order valence-corrected chi connectivity index (χ0v) is 14.1. The summed E-state index contributed by atoms with van der Waals surface area (Å²) in [6, 6.07) is 14.2. The van der Waals surface area contributed by atoms with Gasteiger partial charge in [0.05, 0.1) is 23.1 Å². The van der Waals surface area contributed by atoms with Gasteiger partial charge in [0.1, 0.15) is 0 Å². The number of aryl methyl sites for hydroxylation is 1. The van der Waals surface area contributed by atoms with Crippen molar-refractivity contribution in [3.63, 3.8) is 0 Å². The van der Waals surface area contributed by atoms with Crippen LogP contribution in [0.15, 0.2) is 53.3 Å². The lowest BCUT2D eigenvalue weighted by atomic mass is 10.1. The number of hydrogen-bond acceptors (Lipinski definition) is 3. The zero-order chi connectivity index (χ0) is 17.3. The van der Waals surface area contributed by atoms with E-state index in [4.69, 9.17) is 16.3 Å². The largest absolute Gasteiger partial charge is 0.465 e. The van der Waals surface area contributed by atoms with Crippen molar-refractivity contribution in [1.82, 2.24) is 4.57 Å². The van der Waals surface area contributed by atoms with Crippen LogP contribution in [0.25, 0.3) is 16.5 Å². The topological polar surface area (TPSA) is 48.3 Å². The number of aromatic nitrogens is 1. The number of pyridine rings is 1. The van der Waals surface area contributed by atoms with E-state index in [2.05, 4.69) is 0 Å². The molecule has 0 fully saturated rings.